The normalized spacial score (nSPS) is 18.3. The molecule has 0 aromatic carbocycles. The lowest BCUT2D eigenvalue weighted by Gasteiger charge is -2.42. The van der Waals surface area contributed by atoms with Gasteiger partial charge in [0.15, 0.2) is 0 Å². The van der Waals surface area contributed by atoms with Crippen LogP contribution in [0, 0.1) is 6.92 Å². The van der Waals surface area contributed by atoms with Crippen molar-refractivity contribution in [2.24, 2.45) is 0 Å². The van der Waals surface area contributed by atoms with Crippen LogP contribution in [0.1, 0.15) is 38.3 Å². The Morgan fingerprint density at radius 3 is 2.73 bits per heavy atom. The van der Waals surface area contributed by atoms with Gasteiger partial charge in [-0.1, -0.05) is 6.92 Å². The Morgan fingerprint density at radius 2 is 2.20 bits per heavy atom. The number of anilines is 2. The second-order valence-electron chi connectivity index (χ2n) is 4.50. The highest BCUT2D eigenvalue weighted by molar-refractivity contribution is 5.62. The molecule has 2 rings (SSSR count). The first kappa shape index (κ1) is 10.3. The number of nitrogens with one attached hydrogen (secondary N) is 1. The number of pyridine rings is 1. The summed E-state index contributed by atoms with van der Waals surface area (Å²) in [4.78, 5) is 4.45. The molecule has 3 heteroatoms. The zero-order valence-corrected chi connectivity index (χ0v) is 9.51. The molecule has 0 spiro atoms. The molecule has 82 valence electrons. The number of hydrogen-bond donors (Lipinski definition) is 2. The molecule has 0 unspecified atom stereocenters. The molecule has 0 saturated heterocycles. The average Bonchev–Trinajstić information content (AvgIpc) is 2.17. The Balaban J connectivity index is 2.19. The first-order chi connectivity index (χ1) is 7.15. The first-order valence-electron chi connectivity index (χ1n) is 5.66. The molecule has 1 fully saturated rings. The van der Waals surface area contributed by atoms with E-state index in [-0.39, 0.29) is 5.54 Å². The lowest BCUT2D eigenvalue weighted by atomic mass is 9.75. The molecule has 1 aromatic rings. The van der Waals surface area contributed by atoms with E-state index in [4.69, 9.17) is 5.73 Å². The highest BCUT2D eigenvalue weighted by atomic mass is 15.1. The van der Waals surface area contributed by atoms with E-state index in [1.807, 2.05) is 19.1 Å². The first-order valence-corrected chi connectivity index (χ1v) is 5.66. The second kappa shape index (κ2) is 3.72. The van der Waals surface area contributed by atoms with Crippen LogP contribution < -0.4 is 11.1 Å². The third kappa shape index (κ3) is 1.91. The molecule has 0 radical (unpaired) electrons. The van der Waals surface area contributed by atoms with Crippen molar-refractivity contribution < 1.29 is 0 Å². The third-order valence-electron chi connectivity index (χ3n) is 3.44. The SMILES string of the molecule is CCC1(Nc2nc(C)ccc2N)CCC1. The number of nitrogen functional groups attached to an aromatic ring is 1. The van der Waals surface area contributed by atoms with Gasteiger partial charge >= 0.3 is 0 Å². The quantitative estimate of drug-likeness (QED) is 0.797. The van der Waals surface area contributed by atoms with E-state index >= 15 is 0 Å². The minimum absolute atomic E-state index is 0.259. The molecule has 0 bridgehead atoms. The van der Waals surface area contributed by atoms with E-state index in [0.29, 0.717) is 0 Å². The monoisotopic (exact) mass is 205 g/mol. The molecule has 0 aliphatic heterocycles. The number of aromatic nitrogens is 1. The predicted octanol–water partition coefficient (Wildman–Crippen LogP) is 2.72. The average molecular weight is 205 g/mol. The van der Waals surface area contributed by atoms with Crippen molar-refractivity contribution in [1.82, 2.24) is 4.98 Å². The summed E-state index contributed by atoms with van der Waals surface area (Å²) in [7, 11) is 0. The molecule has 0 atom stereocenters. The summed E-state index contributed by atoms with van der Waals surface area (Å²) in [5, 5.41) is 3.51. The number of nitrogens with zero attached hydrogens (tertiary/aromatic N) is 1. The summed E-state index contributed by atoms with van der Waals surface area (Å²) in [5.41, 5.74) is 7.93. The van der Waals surface area contributed by atoms with Crippen LogP contribution in [0.3, 0.4) is 0 Å². The van der Waals surface area contributed by atoms with Crippen LogP contribution in [0.5, 0.6) is 0 Å². The summed E-state index contributed by atoms with van der Waals surface area (Å²) in [6.07, 6.45) is 4.92. The second-order valence-corrected chi connectivity index (χ2v) is 4.50. The lowest BCUT2D eigenvalue weighted by molar-refractivity contribution is 0.269. The Hall–Kier alpha value is -1.25. The maximum atomic E-state index is 5.91. The fourth-order valence-corrected chi connectivity index (χ4v) is 2.09. The van der Waals surface area contributed by atoms with Crippen LogP contribution in [0.4, 0.5) is 11.5 Å². The number of rotatable bonds is 3. The fourth-order valence-electron chi connectivity index (χ4n) is 2.09. The fraction of sp³-hybridized carbons (Fsp3) is 0.583. The predicted molar refractivity (Wildman–Crippen MR) is 63.9 cm³/mol. The lowest BCUT2D eigenvalue weighted by Crippen LogP contribution is -2.44. The van der Waals surface area contributed by atoms with Crippen molar-refractivity contribution in [1.29, 1.82) is 0 Å². The van der Waals surface area contributed by atoms with Crippen molar-refractivity contribution in [3.05, 3.63) is 17.8 Å². The summed E-state index contributed by atoms with van der Waals surface area (Å²) in [5.74, 6) is 0.858. The Labute approximate surface area is 91.1 Å². The topological polar surface area (TPSA) is 50.9 Å². The van der Waals surface area contributed by atoms with Gasteiger partial charge in [-0.25, -0.2) is 4.98 Å². The molecule has 1 aliphatic carbocycles. The standard InChI is InChI=1S/C12H19N3/c1-3-12(7-4-8-12)15-11-10(13)6-5-9(2)14-11/h5-6H,3-4,7-8,13H2,1-2H3,(H,14,15). The van der Waals surface area contributed by atoms with Crippen LogP contribution in [-0.4, -0.2) is 10.5 Å². The van der Waals surface area contributed by atoms with Crippen LogP contribution in [0.2, 0.25) is 0 Å². The van der Waals surface area contributed by atoms with E-state index in [0.717, 1.165) is 23.6 Å². The largest absolute Gasteiger partial charge is 0.396 e. The van der Waals surface area contributed by atoms with E-state index < -0.39 is 0 Å². The van der Waals surface area contributed by atoms with Crippen LogP contribution >= 0.6 is 0 Å². The van der Waals surface area contributed by atoms with Gasteiger partial charge in [-0.15, -0.1) is 0 Å². The molecule has 3 N–H and O–H groups in total. The molecule has 1 heterocycles. The van der Waals surface area contributed by atoms with E-state index in [2.05, 4.69) is 17.2 Å². The van der Waals surface area contributed by atoms with Gasteiger partial charge < -0.3 is 11.1 Å². The molecule has 15 heavy (non-hydrogen) atoms. The number of hydrogen-bond acceptors (Lipinski definition) is 3. The van der Waals surface area contributed by atoms with Crippen molar-refractivity contribution in [3.8, 4) is 0 Å². The maximum absolute atomic E-state index is 5.91. The minimum atomic E-state index is 0.259. The zero-order valence-electron chi connectivity index (χ0n) is 9.51. The molecular weight excluding hydrogens is 186 g/mol. The summed E-state index contributed by atoms with van der Waals surface area (Å²) in [6, 6.07) is 3.87. The van der Waals surface area contributed by atoms with Crippen LogP contribution in [0.15, 0.2) is 12.1 Å². The van der Waals surface area contributed by atoms with Gasteiger partial charge in [0.2, 0.25) is 0 Å². The molecule has 0 amide bonds. The van der Waals surface area contributed by atoms with Gasteiger partial charge in [0, 0.05) is 11.2 Å². The van der Waals surface area contributed by atoms with Gasteiger partial charge in [-0.05, 0) is 44.7 Å². The van der Waals surface area contributed by atoms with Crippen LogP contribution in [0.25, 0.3) is 0 Å². The zero-order chi connectivity index (χ0) is 10.9. The summed E-state index contributed by atoms with van der Waals surface area (Å²) >= 11 is 0. The van der Waals surface area contributed by atoms with Gasteiger partial charge in [0.25, 0.3) is 0 Å². The van der Waals surface area contributed by atoms with Crippen molar-refractivity contribution >= 4 is 11.5 Å². The molecule has 1 saturated carbocycles. The highest BCUT2D eigenvalue weighted by Gasteiger charge is 2.35. The van der Waals surface area contributed by atoms with Gasteiger partial charge in [-0.3, -0.25) is 0 Å². The molecule has 1 aromatic heterocycles. The Kier molecular flexibility index (Phi) is 2.55. The smallest absolute Gasteiger partial charge is 0.149 e. The van der Waals surface area contributed by atoms with E-state index in [1.165, 1.54) is 19.3 Å². The van der Waals surface area contributed by atoms with Gasteiger partial charge in [-0.2, -0.15) is 0 Å². The van der Waals surface area contributed by atoms with Crippen molar-refractivity contribution in [2.75, 3.05) is 11.1 Å². The Morgan fingerprint density at radius 1 is 1.47 bits per heavy atom. The molecular formula is C12H19N3. The number of aryl methyl sites for hydroxylation is 1. The van der Waals surface area contributed by atoms with Gasteiger partial charge in [0.1, 0.15) is 5.82 Å². The summed E-state index contributed by atoms with van der Waals surface area (Å²) < 4.78 is 0. The minimum Gasteiger partial charge on any atom is -0.396 e. The molecule has 1 aliphatic rings. The Bertz CT molecular complexity index is 350. The van der Waals surface area contributed by atoms with Gasteiger partial charge in [0.05, 0.1) is 5.69 Å². The van der Waals surface area contributed by atoms with Crippen molar-refractivity contribution in [3.63, 3.8) is 0 Å². The highest BCUT2D eigenvalue weighted by Crippen LogP contribution is 2.38. The molecule has 3 nitrogen and oxygen atoms in total. The van der Waals surface area contributed by atoms with Crippen LogP contribution in [-0.2, 0) is 0 Å². The van der Waals surface area contributed by atoms with E-state index in [1.54, 1.807) is 0 Å². The van der Waals surface area contributed by atoms with E-state index in [9.17, 15) is 0 Å². The third-order valence-corrected chi connectivity index (χ3v) is 3.44. The van der Waals surface area contributed by atoms with Crippen molar-refractivity contribution in [2.45, 2.75) is 45.1 Å². The summed E-state index contributed by atoms with van der Waals surface area (Å²) in [6.45, 7) is 4.21. The maximum Gasteiger partial charge on any atom is 0.149 e. The number of nitrogens with two attached hydrogens (primary N) is 1.